The molecule has 2 heterocycles. The number of benzene rings is 2. The average molecular weight is 487 g/mol. The predicted octanol–water partition coefficient (Wildman–Crippen LogP) is 4.62. The summed E-state index contributed by atoms with van der Waals surface area (Å²) in [7, 11) is 0. The van der Waals surface area contributed by atoms with Gasteiger partial charge in [0.1, 0.15) is 5.82 Å². The van der Waals surface area contributed by atoms with Gasteiger partial charge in [0.25, 0.3) is 0 Å². The van der Waals surface area contributed by atoms with E-state index in [1.54, 1.807) is 0 Å². The Labute approximate surface area is 201 Å². The van der Waals surface area contributed by atoms with E-state index in [1.807, 2.05) is 66.4 Å². The molecule has 0 atom stereocenters. The van der Waals surface area contributed by atoms with E-state index >= 15 is 0 Å². The number of hydrogen-bond acceptors (Lipinski definition) is 5. The van der Waals surface area contributed by atoms with Crippen molar-refractivity contribution in [2.45, 2.75) is 19.6 Å². The molecule has 0 amide bonds. The van der Waals surface area contributed by atoms with Crippen LogP contribution in [0, 0.1) is 6.92 Å². The first-order valence-electron chi connectivity index (χ1n) is 10.9. The van der Waals surface area contributed by atoms with E-state index in [4.69, 9.17) is 12.2 Å². The standard InChI is InChI=1S/C24H25F3N6S/c1-17-7-9-18(10-8-17)16-28-23(34)31-22-29-20(24(25,26)27)15-21(30-22)33-13-11-32(12-14-33)19-5-3-2-4-6-19/h2-10,15H,11-14,16H2,1H3,(H2,28,29,30,31,34). The number of hydrogen-bond donors (Lipinski definition) is 2. The normalized spacial score (nSPS) is 14.1. The van der Waals surface area contributed by atoms with Gasteiger partial charge in [0.2, 0.25) is 5.95 Å². The summed E-state index contributed by atoms with van der Waals surface area (Å²) in [6.45, 7) is 4.85. The molecule has 178 valence electrons. The first-order chi connectivity index (χ1) is 16.3. The summed E-state index contributed by atoms with van der Waals surface area (Å²) in [6.07, 6.45) is -4.60. The van der Waals surface area contributed by atoms with Gasteiger partial charge < -0.3 is 20.4 Å². The molecule has 0 unspecified atom stereocenters. The molecule has 1 aliphatic heterocycles. The van der Waals surface area contributed by atoms with Gasteiger partial charge in [0.05, 0.1) is 0 Å². The van der Waals surface area contributed by atoms with Crippen molar-refractivity contribution in [1.29, 1.82) is 0 Å². The number of alkyl halides is 3. The van der Waals surface area contributed by atoms with Crippen LogP contribution in [0.25, 0.3) is 0 Å². The zero-order valence-electron chi connectivity index (χ0n) is 18.6. The van der Waals surface area contributed by atoms with E-state index in [-0.39, 0.29) is 16.9 Å². The fourth-order valence-corrected chi connectivity index (χ4v) is 3.83. The lowest BCUT2D eigenvalue weighted by molar-refractivity contribution is -0.141. The van der Waals surface area contributed by atoms with Crippen LogP contribution in [0.2, 0.25) is 0 Å². The van der Waals surface area contributed by atoms with Crippen molar-refractivity contribution in [2.24, 2.45) is 0 Å². The van der Waals surface area contributed by atoms with Gasteiger partial charge in [-0.25, -0.2) is 4.98 Å². The summed E-state index contributed by atoms with van der Waals surface area (Å²) in [6, 6.07) is 18.8. The van der Waals surface area contributed by atoms with Crippen LogP contribution in [0.3, 0.4) is 0 Å². The molecule has 1 aliphatic rings. The second-order valence-corrected chi connectivity index (χ2v) is 8.44. The Hall–Kier alpha value is -3.40. The Morgan fingerprint density at radius 2 is 1.59 bits per heavy atom. The third-order valence-electron chi connectivity index (χ3n) is 5.53. The molecule has 3 aromatic rings. The summed E-state index contributed by atoms with van der Waals surface area (Å²) in [5, 5.41) is 5.85. The Kier molecular flexibility index (Phi) is 7.16. The molecule has 4 rings (SSSR count). The van der Waals surface area contributed by atoms with Crippen molar-refractivity contribution < 1.29 is 13.2 Å². The van der Waals surface area contributed by atoms with E-state index in [9.17, 15) is 13.2 Å². The Morgan fingerprint density at radius 3 is 2.24 bits per heavy atom. The monoisotopic (exact) mass is 486 g/mol. The molecule has 0 aliphatic carbocycles. The van der Waals surface area contributed by atoms with Crippen molar-refractivity contribution in [1.82, 2.24) is 15.3 Å². The van der Waals surface area contributed by atoms with Crippen molar-refractivity contribution in [3.05, 3.63) is 77.5 Å². The minimum absolute atomic E-state index is 0.153. The van der Waals surface area contributed by atoms with E-state index < -0.39 is 11.9 Å². The highest BCUT2D eigenvalue weighted by Crippen LogP contribution is 2.31. The number of halogens is 3. The van der Waals surface area contributed by atoms with E-state index in [0.29, 0.717) is 32.7 Å². The van der Waals surface area contributed by atoms with Crippen LogP contribution in [-0.4, -0.2) is 41.3 Å². The number of aryl methyl sites for hydroxylation is 1. The van der Waals surface area contributed by atoms with Crippen LogP contribution in [0.5, 0.6) is 0 Å². The molecule has 10 heteroatoms. The summed E-state index contributed by atoms with van der Waals surface area (Å²) in [5.74, 6) is 0.0376. The minimum Gasteiger partial charge on any atom is -0.368 e. The van der Waals surface area contributed by atoms with Crippen LogP contribution in [0.4, 0.5) is 30.6 Å². The van der Waals surface area contributed by atoms with Crippen molar-refractivity contribution in [2.75, 3.05) is 41.3 Å². The maximum absolute atomic E-state index is 13.5. The first-order valence-corrected chi connectivity index (χ1v) is 11.3. The van der Waals surface area contributed by atoms with Gasteiger partial charge in [-0.05, 0) is 36.8 Å². The third kappa shape index (κ3) is 6.13. The van der Waals surface area contributed by atoms with Crippen molar-refractivity contribution >= 4 is 34.8 Å². The number of aromatic nitrogens is 2. The smallest absolute Gasteiger partial charge is 0.368 e. The minimum atomic E-state index is -4.60. The Morgan fingerprint density at radius 1 is 0.941 bits per heavy atom. The molecule has 6 nitrogen and oxygen atoms in total. The van der Waals surface area contributed by atoms with Crippen LogP contribution in [0.1, 0.15) is 16.8 Å². The molecule has 1 aromatic heterocycles. The maximum atomic E-state index is 13.5. The van der Waals surface area contributed by atoms with Crippen LogP contribution in [0.15, 0.2) is 60.7 Å². The number of para-hydroxylation sites is 1. The molecule has 0 radical (unpaired) electrons. The largest absolute Gasteiger partial charge is 0.433 e. The second kappa shape index (κ2) is 10.3. The molecule has 1 saturated heterocycles. The van der Waals surface area contributed by atoms with E-state index in [2.05, 4.69) is 25.5 Å². The zero-order chi connectivity index (χ0) is 24.1. The maximum Gasteiger partial charge on any atom is 0.433 e. The molecule has 0 saturated carbocycles. The number of thiocarbonyl (C=S) groups is 1. The number of rotatable bonds is 5. The molecule has 2 aromatic carbocycles. The number of nitrogens with one attached hydrogen (secondary N) is 2. The van der Waals surface area contributed by atoms with Gasteiger partial charge in [0.15, 0.2) is 10.8 Å². The number of anilines is 3. The molecule has 0 bridgehead atoms. The van der Waals surface area contributed by atoms with Gasteiger partial charge >= 0.3 is 6.18 Å². The highest BCUT2D eigenvalue weighted by molar-refractivity contribution is 7.80. The van der Waals surface area contributed by atoms with Gasteiger partial charge in [0, 0.05) is 44.5 Å². The van der Waals surface area contributed by atoms with Crippen molar-refractivity contribution in [3.8, 4) is 0 Å². The lowest BCUT2D eigenvalue weighted by Gasteiger charge is -2.37. The van der Waals surface area contributed by atoms with Crippen LogP contribution in [-0.2, 0) is 12.7 Å². The quantitative estimate of drug-likeness (QED) is 0.511. The number of piperazine rings is 1. The summed E-state index contributed by atoms with van der Waals surface area (Å²) in [5.41, 5.74) is 2.22. The zero-order valence-corrected chi connectivity index (χ0v) is 19.5. The third-order valence-corrected chi connectivity index (χ3v) is 5.77. The molecule has 0 spiro atoms. The lowest BCUT2D eigenvalue weighted by Crippen LogP contribution is -2.47. The van der Waals surface area contributed by atoms with E-state index in [0.717, 1.165) is 22.9 Å². The predicted molar refractivity (Wildman–Crippen MR) is 132 cm³/mol. The van der Waals surface area contributed by atoms with Crippen molar-refractivity contribution in [3.63, 3.8) is 0 Å². The number of nitrogens with zero attached hydrogens (tertiary/aromatic N) is 4. The summed E-state index contributed by atoms with van der Waals surface area (Å²) in [4.78, 5) is 12.0. The molecule has 1 fully saturated rings. The lowest BCUT2D eigenvalue weighted by atomic mass is 10.1. The van der Waals surface area contributed by atoms with Crippen LogP contribution >= 0.6 is 12.2 Å². The fourth-order valence-electron chi connectivity index (χ4n) is 3.66. The molecule has 2 N–H and O–H groups in total. The molecule has 34 heavy (non-hydrogen) atoms. The SMILES string of the molecule is Cc1ccc(CNC(=S)Nc2nc(N3CCN(c4ccccc4)CC3)cc(C(F)(F)F)n2)cc1. The Balaban J connectivity index is 1.44. The first kappa shape index (κ1) is 23.7. The second-order valence-electron chi connectivity index (χ2n) is 8.04. The van der Waals surface area contributed by atoms with Gasteiger partial charge in [-0.3, -0.25) is 0 Å². The summed E-state index contributed by atoms with van der Waals surface area (Å²) >= 11 is 5.26. The van der Waals surface area contributed by atoms with Gasteiger partial charge in [-0.1, -0.05) is 48.0 Å². The van der Waals surface area contributed by atoms with Crippen LogP contribution < -0.4 is 20.4 Å². The average Bonchev–Trinajstić information content (AvgIpc) is 2.83. The highest BCUT2D eigenvalue weighted by Gasteiger charge is 2.34. The molecular weight excluding hydrogens is 461 g/mol. The molecular formula is C24H25F3N6S. The Bertz CT molecular complexity index is 1110. The fraction of sp³-hybridized carbons (Fsp3) is 0.292. The van der Waals surface area contributed by atoms with Gasteiger partial charge in [-0.2, -0.15) is 18.2 Å². The highest BCUT2D eigenvalue weighted by atomic mass is 32.1. The van der Waals surface area contributed by atoms with Gasteiger partial charge in [-0.15, -0.1) is 0 Å². The topological polar surface area (TPSA) is 56.3 Å². The van der Waals surface area contributed by atoms with E-state index in [1.165, 1.54) is 0 Å². The summed E-state index contributed by atoms with van der Waals surface area (Å²) < 4.78 is 40.6.